The summed E-state index contributed by atoms with van der Waals surface area (Å²) in [5.74, 6) is -0.665. The number of benzene rings is 2. The molecule has 146 valence electrons. The fourth-order valence-corrected chi connectivity index (χ4v) is 2.90. The Kier molecular flexibility index (Phi) is 6.06. The van der Waals surface area contributed by atoms with E-state index in [4.69, 9.17) is 4.74 Å². The third kappa shape index (κ3) is 4.20. The molecule has 0 unspecified atom stereocenters. The molecule has 0 spiro atoms. The lowest BCUT2D eigenvalue weighted by atomic mass is 10.1. The van der Waals surface area contributed by atoms with Gasteiger partial charge in [-0.15, -0.1) is 0 Å². The number of rotatable bonds is 7. The van der Waals surface area contributed by atoms with Crippen LogP contribution in [-0.4, -0.2) is 30.4 Å². The van der Waals surface area contributed by atoms with Crippen LogP contribution in [0.2, 0.25) is 0 Å². The molecular weight excluding hydrogens is 358 g/mol. The number of imide groups is 1. The second-order valence-electron chi connectivity index (χ2n) is 6.60. The predicted molar refractivity (Wildman–Crippen MR) is 105 cm³/mol. The van der Waals surface area contributed by atoms with Gasteiger partial charge in [0.15, 0.2) is 0 Å². The van der Waals surface area contributed by atoms with Crippen molar-refractivity contribution in [2.24, 2.45) is 0 Å². The number of hydrogen-bond donors (Lipinski definition) is 2. The van der Waals surface area contributed by atoms with Crippen molar-refractivity contribution in [3.8, 4) is 5.75 Å². The molecule has 0 saturated carbocycles. The summed E-state index contributed by atoms with van der Waals surface area (Å²) in [6.45, 7) is 4.40. The maximum Gasteiger partial charge on any atom is 0.265 e. The van der Waals surface area contributed by atoms with E-state index in [1.54, 1.807) is 36.4 Å². The Bertz CT molecular complexity index is 879. The van der Waals surface area contributed by atoms with E-state index >= 15 is 0 Å². The van der Waals surface area contributed by atoms with E-state index in [0.717, 1.165) is 16.9 Å². The Morgan fingerprint density at radius 3 is 2.57 bits per heavy atom. The zero-order valence-corrected chi connectivity index (χ0v) is 15.9. The van der Waals surface area contributed by atoms with E-state index < -0.39 is 11.9 Å². The van der Waals surface area contributed by atoms with Crippen LogP contribution in [0.3, 0.4) is 0 Å². The van der Waals surface area contributed by atoms with E-state index in [2.05, 4.69) is 10.9 Å². The molecule has 1 atom stereocenters. The van der Waals surface area contributed by atoms with Gasteiger partial charge in [-0.25, -0.2) is 10.3 Å². The topological polar surface area (TPSA) is 87.7 Å². The van der Waals surface area contributed by atoms with Crippen molar-refractivity contribution in [2.75, 3.05) is 11.5 Å². The zero-order valence-electron chi connectivity index (χ0n) is 15.9. The summed E-state index contributed by atoms with van der Waals surface area (Å²) < 4.78 is 5.66. The Labute approximate surface area is 163 Å². The van der Waals surface area contributed by atoms with Crippen LogP contribution in [0.4, 0.5) is 5.69 Å². The highest BCUT2D eigenvalue weighted by atomic mass is 16.5. The first-order valence-corrected chi connectivity index (χ1v) is 9.22. The van der Waals surface area contributed by atoms with E-state index in [-0.39, 0.29) is 18.2 Å². The van der Waals surface area contributed by atoms with Crippen molar-refractivity contribution in [1.29, 1.82) is 0 Å². The van der Waals surface area contributed by atoms with E-state index in [9.17, 15) is 14.4 Å². The van der Waals surface area contributed by atoms with E-state index in [1.165, 1.54) is 0 Å². The maximum atomic E-state index is 12.8. The molecule has 0 radical (unpaired) electrons. The molecule has 3 rings (SSSR count). The van der Waals surface area contributed by atoms with Gasteiger partial charge in [-0.05, 0) is 37.6 Å². The van der Waals surface area contributed by atoms with Gasteiger partial charge in [0.25, 0.3) is 11.8 Å². The highest BCUT2D eigenvalue weighted by Crippen LogP contribution is 2.32. The molecule has 0 aliphatic carbocycles. The monoisotopic (exact) mass is 381 g/mol. The smallest absolute Gasteiger partial charge is 0.265 e. The lowest BCUT2D eigenvalue weighted by Crippen LogP contribution is -2.48. The molecule has 1 fully saturated rings. The fourth-order valence-electron chi connectivity index (χ4n) is 2.90. The zero-order chi connectivity index (χ0) is 20.1. The van der Waals surface area contributed by atoms with Gasteiger partial charge in [-0.1, -0.05) is 36.8 Å². The van der Waals surface area contributed by atoms with Crippen LogP contribution < -0.4 is 20.5 Å². The van der Waals surface area contributed by atoms with Crippen LogP contribution in [0.15, 0.2) is 48.5 Å². The average Bonchev–Trinajstić information content (AvgIpc) is 2.98. The molecule has 3 amide bonds. The number of nitrogens with zero attached hydrogens (tertiary/aromatic N) is 1. The van der Waals surface area contributed by atoms with Crippen molar-refractivity contribution in [2.45, 2.75) is 32.7 Å². The van der Waals surface area contributed by atoms with Gasteiger partial charge in [0.2, 0.25) is 5.91 Å². The molecule has 2 aromatic rings. The summed E-state index contributed by atoms with van der Waals surface area (Å²) in [6, 6.07) is 13.2. The summed E-state index contributed by atoms with van der Waals surface area (Å²) >= 11 is 0. The summed E-state index contributed by atoms with van der Waals surface area (Å²) in [7, 11) is 0. The average molecular weight is 381 g/mol. The minimum atomic E-state index is -0.832. The molecule has 2 aromatic carbocycles. The Hall–Kier alpha value is -3.19. The van der Waals surface area contributed by atoms with E-state index in [0.29, 0.717) is 23.6 Å². The Morgan fingerprint density at radius 2 is 1.86 bits per heavy atom. The SMILES string of the molecule is CCCOc1ccccc1N1C(=O)C[C@H](NNC(=O)c2ccc(C)cc2)C1=O. The number of amides is 3. The van der Waals surface area contributed by atoms with Crippen molar-refractivity contribution in [3.63, 3.8) is 0 Å². The van der Waals surface area contributed by atoms with Gasteiger partial charge in [-0.2, -0.15) is 0 Å². The number of nitrogens with one attached hydrogen (secondary N) is 2. The summed E-state index contributed by atoms with van der Waals surface area (Å²) in [6.07, 6.45) is 0.764. The summed E-state index contributed by atoms with van der Waals surface area (Å²) in [5.41, 5.74) is 7.12. The molecule has 7 heteroatoms. The standard InChI is InChI=1S/C21H23N3O4/c1-3-12-28-18-7-5-4-6-17(18)24-19(25)13-16(21(24)27)22-23-20(26)15-10-8-14(2)9-11-15/h4-11,16,22H,3,12-13H2,1-2H3,(H,23,26)/t16-/m0/s1. The van der Waals surface area contributed by atoms with Gasteiger partial charge in [-0.3, -0.25) is 19.8 Å². The second-order valence-corrected chi connectivity index (χ2v) is 6.60. The normalized spacial score (nSPS) is 16.4. The molecule has 1 saturated heterocycles. The van der Waals surface area contributed by atoms with Crippen LogP contribution in [0.25, 0.3) is 0 Å². The van der Waals surface area contributed by atoms with Gasteiger partial charge >= 0.3 is 0 Å². The highest BCUT2D eigenvalue weighted by molar-refractivity contribution is 6.23. The van der Waals surface area contributed by atoms with Gasteiger partial charge in [0.1, 0.15) is 11.8 Å². The first-order valence-electron chi connectivity index (χ1n) is 9.22. The van der Waals surface area contributed by atoms with Gasteiger partial charge in [0, 0.05) is 5.56 Å². The largest absolute Gasteiger partial charge is 0.491 e. The number of hydrazine groups is 1. The lowest BCUT2D eigenvalue weighted by molar-refractivity contribution is -0.121. The first kappa shape index (κ1) is 19.6. The van der Waals surface area contributed by atoms with E-state index in [1.807, 2.05) is 26.0 Å². The van der Waals surface area contributed by atoms with Crippen molar-refractivity contribution < 1.29 is 19.1 Å². The predicted octanol–water partition coefficient (Wildman–Crippen LogP) is 2.35. The molecular formula is C21H23N3O4. The summed E-state index contributed by atoms with van der Waals surface area (Å²) in [4.78, 5) is 38.6. The Morgan fingerprint density at radius 1 is 1.14 bits per heavy atom. The van der Waals surface area contributed by atoms with Gasteiger partial charge in [0.05, 0.1) is 18.7 Å². The number of carbonyl (C=O) groups is 3. The minimum Gasteiger partial charge on any atom is -0.491 e. The van der Waals surface area contributed by atoms with Crippen molar-refractivity contribution in [1.82, 2.24) is 10.9 Å². The third-order valence-electron chi connectivity index (χ3n) is 4.39. The fraction of sp³-hybridized carbons (Fsp3) is 0.286. The van der Waals surface area contributed by atoms with Crippen LogP contribution >= 0.6 is 0 Å². The van der Waals surface area contributed by atoms with Crippen LogP contribution in [0.5, 0.6) is 5.75 Å². The molecule has 0 aromatic heterocycles. The third-order valence-corrected chi connectivity index (χ3v) is 4.39. The lowest BCUT2D eigenvalue weighted by Gasteiger charge is -2.19. The molecule has 28 heavy (non-hydrogen) atoms. The number of carbonyl (C=O) groups excluding carboxylic acids is 3. The second kappa shape index (κ2) is 8.67. The maximum absolute atomic E-state index is 12.8. The first-order chi connectivity index (χ1) is 13.5. The molecule has 1 aliphatic rings. The molecule has 1 heterocycles. The van der Waals surface area contributed by atoms with Crippen LogP contribution in [0.1, 0.15) is 35.7 Å². The number of para-hydroxylation sites is 2. The van der Waals surface area contributed by atoms with Crippen molar-refractivity contribution >= 4 is 23.4 Å². The minimum absolute atomic E-state index is 0.0465. The summed E-state index contributed by atoms with van der Waals surface area (Å²) in [5, 5.41) is 0. The molecule has 7 nitrogen and oxygen atoms in total. The molecule has 2 N–H and O–H groups in total. The molecule has 0 bridgehead atoms. The van der Waals surface area contributed by atoms with Crippen LogP contribution in [0, 0.1) is 6.92 Å². The van der Waals surface area contributed by atoms with Crippen LogP contribution in [-0.2, 0) is 9.59 Å². The number of ether oxygens (including phenoxy) is 1. The number of anilines is 1. The van der Waals surface area contributed by atoms with Crippen molar-refractivity contribution in [3.05, 3.63) is 59.7 Å². The number of aryl methyl sites for hydroxylation is 1. The Balaban J connectivity index is 1.68. The number of hydrogen-bond acceptors (Lipinski definition) is 5. The molecule has 1 aliphatic heterocycles. The quantitative estimate of drug-likeness (QED) is 0.568. The van der Waals surface area contributed by atoms with Gasteiger partial charge < -0.3 is 4.74 Å². The highest BCUT2D eigenvalue weighted by Gasteiger charge is 2.40.